The molecule has 1 fully saturated rings. The zero-order valence-corrected chi connectivity index (χ0v) is 14.1. The number of nitrogens with one attached hydrogen (secondary N) is 1. The molecule has 7 heteroatoms. The number of benzene rings is 1. The van der Waals surface area contributed by atoms with Crippen LogP contribution >= 0.6 is 0 Å². The van der Waals surface area contributed by atoms with E-state index in [2.05, 4.69) is 20.8 Å². The summed E-state index contributed by atoms with van der Waals surface area (Å²) in [5, 5.41) is 14.9. The third-order valence-electron chi connectivity index (χ3n) is 4.64. The first-order valence-electron chi connectivity index (χ1n) is 8.26. The van der Waals surface area contributed by atoms with Crippen LogP contribution < -0.4 is 5.32 Å². The number of hydrogen-bond donors (Lipinski definition) is 1. The van der Waals surface area contributed by atoms with E-state index in [1.54, 1.807) is 18.7 Å². The highest BCUT2D eigenvalue weighted by molar-refractivity contribution is 5.84. The molecule has 1 saturated carbocycles. The standard InChI is InChI=1S/C17H23N5O2/c1-13-19-20-21-22(13)15(14-8-4-3-5-9-14)16(23)18-17(12-24-2)10-6-7-11-17/h3-5,8-9,15H,6-7,10-12H2,1-2H3,(H,18,23)/t15-/m0/s1. The maximum atomic E-state index is 13.1. The van der Waals surface area contributed by atoms with Crippen molar-refractivity contribution in [1.82, 2.24) is 25.5 Å². The van der Waals surface area contributed by atoms with E-state index >= 15 is 0 Å². The van der Waals surface area contributed by atoms with Crippen molar-refractivity contribution in [2.75, 3.05) is 13.7 Å². The molecule has 3 rings (SSSR count). The van der Waals surface area contributed by atoms with E-state index < -0.39 is 6.04 Å². The van der Waals surface area contributed by atoms with Gasteiger partial charge in [0.15, 0.2) is 6.04 Å². The van der Waals surface area contributed by atoms with Crippen molar-refractivity contribution >= 4 is 5.91 Å². The topological polar surface area (TPSA) is 81.9 Å². The third-order valence-corrected chi connectivity index (χ3v) is 4.64. The van der Waals surface area contributed by atoms with Gasteiger partial charge >= 0.3 is 0 Å². The first-order chi connectivity index (χ1) is 11.7. The van der Waals surface area contributed by atoms with Gasteiger partial charge < -0.3 is 10.1 Å². The van der Waals surface area contributed by atoms with E-state index in [1.807, 2.05) is 30.3 Å². The fourth-order valence-electron chi connectivity index (χ4n) is 3.48. The Bertz CT molecular complexity index is 679. The van der Waals surface area contributed by atoms with Gasteiger partial charge in [-0.25, -0.2) is 4.68 Å². The number of amides is 1. The monoisotopic (exact) mass is 329 g/mol. The molecule has 1 atom stereocenters. The van der Waals surface area contributed by atoms with Crippen molar-refractivity contribution in [1.29, 1.82) is 0 Å². The van der Waals surface area contributed by atoms with Crippen molar-refractivity contribution in [2.45, 2.75) is 44.2 Å². The summed E-state index contributed by atoms with van der Waals surface area (Å²) in [6.45, 7) is 2.32. The van der Waals surface area contributed by atoms with Gasteiger partial charge in [0.25, 0.3) is 0 Å². The number of nitrogens with zero attached hydrogens (tertiary/aromatic N) is 4. The quantitative estimate of drug-likeness (QED) is 0.871. The van der Waals surface area contributed by atoms with E-state index in [1.165, 1.54) is 0 Å². The fourth-order valence-corrected chi connectivity index (χ4v) is 3.48. The molecular formula is C17H23N5O2. The lowest BCUT2D eigenvalue weighted by Crippen LogP contribution is -2.52. The van der Waals surface area contributed by atoms with Crippen LogP contribution in [0.4, 0.5) is 0 Å². The van der Waals surface area contributed by atoms with Crippen LogP contribution in [0.3, 0.4) is 0 Å². The molecule has 2 aromatic rings. The summed E-state index contributed by atoms with van der Waals surface area (Å²) < 4.78 is 6.94. The molecule has 1 aromatic carbocycles. The number of hydrogen-bond acceptors (Lipinski definition) is 5. The van der Waals surface area contributed by atoms with Crippen molar-refractivity contribution in [3.8, 4) is 0 Å². The number of ether oxygens (including phenoxy) is 1. The van der Waals surface area contributed by atoms with Gasteiger partial charge in [0.2, 0.25) is 5.91 Å². The predicted octanol–water partition coefficient (Wildman–Crippen LogP) is 1.65. The lowest BCUT2D eigenvalue weighted by molar-refractivity contribution is -0.126. The summed E-state index contributed by atoms with van der Waals surface area (Å²) in [6, 6.07) is 9.00. The molecule has 0 bridgehead atoms. The minimum absolute atomic E-state index is 0.101. The molecule has 24 heavy (non-hydrogen) atoms. The van der Waals surface area contributed by atoms with Crippen molar-refractivity contribution in [3.05, 3.63) is 41.7 Å². The molecule has 1 heterocycles. The zero-order valence-electron chi connectivity index (χ0n) is 14.1. The van der Waals surface area contributed by atoms with Gasteiger partial charge in [0.05, 0.1) is 12.1 Å². The molecule has 1 amide bonds. The van der Waals surface area contributed by atoms with Gasteiger partial charge in [-0.1, -0.05) is 43.2 Å². The van der Waals surface area contributed by atoms with Crippen molar-refractivity contribution in [3.63, 3.8) is 0 Å². The zero-order chi connectivity index (χ0) is 17.0. The summed E-state index contributed by atoms with van der Waals surface area (Å²) in [6.07, 6.45) is 4.07. The van der Waals surface area contributed by atoms with E-state index in [0.717, 1.165) is 31.2 Å². The number of carbonyl (C=O) groups excluding carboxylic acids is 1. The van der Waals surface area contributed by atoms with Crippen molar-refractivity contribution in [2.24, 2.45) is 0 Å². The molecule has 0 unspecified atom stereocenters. The molecule has 0 aliphatic heterocycles. The van der Waals surface area contributed by atoms with Crippen LogP contribution in [0.25, 0.3) is 0 Å². The van der Waals surface area contributed by atoms with Crippen LogP contribution in [0.1, 0.15) is 43.1 Å². The highest BCUT2D eigenvalue weighted by atomic mass is 16.5. The Morgan fingerprint density at radius 1 is 1.33 bits per heavy atom. The molecular weight excluding hydrogens is 306 g/mol. The first kappa shape index (κ1) is 16.6. The molecule has 0 saturated heterocycles. The Morgan fingerprint density at radius 2 is 2.04 bits per heavy atom. The Kier molecular flexibility index (Phi) is 4.89. The van der Waals surface area contributed by atoms with Crippen LogP contribution in [0.5, 0.6) is 0 Å². The lowest BCUT2D eigenvalue weighted by Gasteiger charge is -2.31. The van der Waals surface area contributed by atoms with E-state index in [-0.39, 0.29) is 11.4 Å². The second-order valence-electron chi connectivity index (χ2n) is 6.39. The van der Waals surface area contributed by atoms with Gasteiger partial charge in [-0.2, -0.15) is 0 Å². The summed E-state index contributed by atoms with van der Waals surface area (Å²) in [4.78, 5) is 13.1. The maximum Gasteiger partial charge on any atom is 0.250 e. The summed E-state index contributed by atoms with van der Waals surface area (Å²) in [5.74, 6) is 0.502. The fraction of sp³-hybridized carbons (Fsp3) is 0.529. The smallest absolute Gasteiger partial charge is 0.250 e. The molecule has 0 spiro atoms. The Hall–Kier alpha value is -2.28. The molecule has 1 aliphatic carbocycles. The molecule has 1 N–H and O–H groups in total. The van der Waals surface area contributed by atoms with Gasteiger partial charge in [-0.05, 0) is 35.8 Å². The number of methoxy groups -OCH3 is 1. The van der Waals surface area contributed by atoms with Crippen LogP contribution in [-0.2, 0) is 9.53 Å². The average Bonchev–Trinajstić information content (AvgIpc) is 3.19. The second-order valence-corrected chi connectivity index (χ2v) is 6.39. The highest BCUT2D eigenvalue weighted by Crippen LogP contribution is 2.31. The minimum Gasteiger partial charge on any atom is -0.382 e. The number of tetrazole rings is 1. The second kappa shape index (κ2) is 7.09. The molecule has 0 radical (unpaired) electrons. The van der Waals surface area contributed by atoms with Crippen LogP contribution in [-0.4, -0.2) is 45.4 Å². The number of aryl methyl sites for hydroxylation is 1. The lowest BCUT2D eigenvalue weighted by atomic mass is 9.97. The normalized spacial score (nSPS) is 17.6. The van der Waals surface area contributed by atoms with Gasteiger partial charge in [0, 0.05) is 7.11 Å². The highest BCUT2D eigenvalue weighted by Gasteiger charge is 2.38. The number of carbonyl (C=O) groups is 1. The van der Waals surface area contributed by atoms with E-state index in [0.29, 0.717) is 12.4 Å². The molecule has 1 aliphatic rings. The molecule has 128 valence electrons. The largest absolute Gasteiger partial charge is 0.382 e. The number of rotatable bonds is 6. The van der Waals surface area contributed by atoms with Gasteiger partial charge in [-0.15, -0.1) is 5.10 Å². The van der Waals surface area contributed by atoms with E-state index in [9.17, 15) is 4.79 Å². The molecule has 1 aromatic heterocycles. The van der Waals surface area contributed by atoms with Crippen LogP contribution in [0.15, 0.2) is 30.3 Å². The van der Waals surface area contributed by atoms with E-state index in [4.69, 9.17) is 4.74 Å². The summed E-state index contributed by atoms with van der Waals surface area (Å²) >= 11 is 0. The minimum atomic E-state index is -0.587. The summed E-state index contributed by atoms with van der Waals surface area (Å²) in [7, 11) is 1.67. The number of aromatic nitrogens is 4. The van der Waals surface area contributed by atoms with Crippen molar-refractivity contribution < 1.29 is 9.53 Å². The summed E-state index contributed by atoms with van der Waals surface area (Å²) in [5.41, 5.74) is 0.566. The van der Waals surface area contributed by atoms with Crippen LogP contribution in [0.2, 0.25) is 0 Å². The van der Waals surface area contributed by atoms with Gasteiger partial charge in [0.1, 0.15) is 5.82 Å². The maximum absolute atomic E-state index is 13.1. The average molecular weight is 329 g/mol. The first-order valence-corrected chi connectivity index (χ1v) is 8.26. The third kappa shape index (κ3) is 3.31. The predicted molar refractivity (Wildman–Crippen MR) is 88.4 cm³/mol. The molecule has 7 nitrogen and oxygen atoms in total. The Morgan fingerprint density at radius 3 is 2.62 bits per heavy atom. The van der Waals surface area contributed by atoms with Gasteiger partial charge in [-0.3, -0.25) is 4.79 Å². The SMILES string of the molecule is COCC1(NC(=O)[C@H](c2ccccc2)n2nnnc2C)CCCC1. The Labute approximate surface area is 141 Å². The Balaban J connectivity index is 1.91. The van der Waals surface area contributed by atoms with Crippen LogP contribution in [0, 0.1) is 6.92 Å².